The van der Waals surface area contributed by atoms with Crippen LogP contribution in [0.2, 0.25) is 0 Å². The summed E-state index contributed by atoms with van der Waals surface area (Å²) in [6.45, 7) is 4.08. The number of hydrazone groups is 1. The minimum Gasteiger partial charge on any atom is -0.318 e. The molecule has 0 saturated carbocycles. The molecule has 0 bridgehead atoms. The van der Waals surface area contributed by atoms with E-state index in [1.165, 1.54) is 0 Å². The van der Waals surface area contributed by atoms with Crippen molar-refractivity contribution in [2.45, 2.75) is 13.8 Å². The second-order valence-corrected chi connectivity index (χ2v) is 6.48. The van der Waals surface area contributed by atoms with Crippen molar-refractivity contribution in [1.29, 1.82) is 0 Å². The van der Waals surface area contributed by atoms with Gasteiger partial charge in [0, 0.05) is 52.2 Å². The van der Waals surface area contributed by atoms with Crippen molar-refractivity contribution in [2.75, 3.05) is 0 Å². The van der Waals surface area contributed by atoms with Crippen LogP contribution in [0, 0.1) is 13.8 Å². The topological polar surface area (TPSA) is 72.2 Å². The number of nitrogens with zero attached hydrogens (tertiary/aromatic N) is 4. The van der Waals surface area contributed by atoms with Gasteiger partial charge in [0.25, 0.3) is 5.91 Å². The van der Waals surface area contributed by atoms with Gasteiger partial charge in [-0.2, -0.15) is 5.10 Å². The fraction of sp³-hybridized carbons (Fsp3) is 0.0909. The van der Waals surface area contributed by atoms with Crippen LogP contribution < -0.4 is 5.43 Å². The van der Waals surface area contributed by atoms with Crippen LogP contribution in [0.1, 0.15) is 27.3 Å². The van der Waals surface area contributed by atoms with Crippen molar-refractivity contribution in [3.05, 3.63) is 89.6 Å². The Bertz CT molecular complexity index is 1180. The molecule has 6 nitrogen and oxygen atoms in total. The van der Waals surface area contributed by atoms with E-state index in [0.717, 1.165) is 33.5 Å². The zero-order valence-electron chi connectivity index (χ0n) is 15.6. The Hall–Kier alpha value is -3.80. The maximum absolute atomic E-state index is 12.1. The molecule has 0 aliphatic heterocycles. The molecule has 3 aromatic heterocycles. The smallest absolute Gasteiger partial charge is 0.271 e. The minimum atomic E-state index is -0.269. The summed E-state index contributed by atoms with van der Waals surface area (Å²) in [6, 6.07) is 15.5. The average molecular weight is 369 g/mol. The third-order valence-corrected chi connectivity index (χ3v) is 4.63. The van der Waals surface area contributed by atoms with E-state index in [1.54, 1.807) is 36.9 Å². The van der Waals surface area contributed by atoms with Crippen molar-refractivity contribution in [1.82, 2.24) is 20.0 Å². The summed E-state index contributed by atoms with van der Waals surface area (Å²) >= 11 is 0. The lowest BCUT2D eigenvalue weighted by Gasteiger charge is -2.10. The average Bonchev–Trinajstić information content (AvgIpc) is 3.01. The molecule has 1 N–H and O–H groups in total. The van der Waals surface area contributed by atoms with Crippen LogP contribution in [0.15, 0.2) is 72.2 Å². The summed E-state index contributed by atoms with van der Waals surface area (Å²) in [7, 11) is 0. The van der Waals surface area contributed by atoms with Gasteiger partial charge in [-0.1, -0.05) is 6.07 Å². The Morgan fingerprint density at radius 2 is 1.89 bits per heavy atom. The van der Waals surface area contributed by atoms with E-state index in [1.807, 2.05) is 32.0 Å². The summed E-state index contributed by atoms with van der Waals surface area (Å²) in [5.74, 6) is -0.269. The Morgan fingerprint density at radius 1 is 1.07 bits per heavy atom. The molecule has 0 aliphatic rings. The molecule has 0 radical (unpaired) electrons. The second-order valence-electron chi connectivity index (χ2n) is 6.48. The number of aromatic nitrogens is 3. The van der Waals surface area contributed by atoms with Gasteiger partial charge in [0.15, 0.2) is 0 Å². The molecule has 0 unspecified atom stereocenters. The van der Waals surface area contributed by atoms with E-state index in [4.69, 9.17) is 0 Å². The van der Waals surface area contributed by atoms with E-state index < -0.39 is 0 Å². The fourth-order valence-corrected chi connectivity index (χ4v) is 3.25. The second kappa shape index (κ2) is 7.44. The van der Waals surface area contributed by atoms with Gasteiger partial charge in [0.1, 0.15) is 0 Å². The van der Waals surface area contributed by atoms with E-state index in [-0.39, 0.29) is 5.91 Å². The fourth-order valence-electron chi connectivity index (χ4n) is 3.25. The largest absolute Gasteiger partial charge is 0.318 e. The molecular formula is C22H19N5O. The Kier molecular flexibility index (Phi) is 4.68. The molecule has 0 aliphatic carbocycles. The van der Waals surface area contributed by atoms with E-state index in [0.29, 0.717) is 5.56 Å². The molecule has 6 heteroatoms. The maximum atomic E-state index is 12.1. The number of rotatable bonds is 4. The monoisotopic (exact) mass is 369 g/mol. The highest BCUT2D eigenvalue weighted by molar-refractivity contribution is 5.94. The van der Waals surface area contributed by atoms with Gasteiger partial charge in [-0.3, -0.25) is 14.8 Å². The number of hydrogen-bond donors (Lipinski definition) is 1. The van der Waals surface area contributed by atoms with E-state index >= 15 is 0 Å². The van der Waals surface area contributed by atoms with Crippen molar-refractivity contribution in [2.24, 2.45) is 5.10 Å². The predicted octanol–water partition coefficient (Wildman–Crippen LogP) is 3.80. The molecule has 3 heterocycles. The zero-order chi connectivity index (χ0) is 19.5. The van der Waals surface area contributed by atoms with Gasteiger partial charge < -0.3 is 4.57 Å². The van der Waals surface area contributed by atoms with E-state index in [2.05, 4.69) is 43.3 Å². The number of aryl methyl sites for hydroxylation is 1. The number of nitrogens with one attached hydrogen (secondary N) is 1. The third-order valence-electron chi connectivity index (χ3n) is 4.63. The zero-order valence-corrected chi connectivity index (χ0v) is 15.6. The molecular weight excluding hydrogens is 350 g/mol. The van der Waals surface area contributed by atoms with Gasteiger partial charge in [0.2, 0.25) is 0 Å². The van der Waals surface area contributed by atoms with Gasteiger partial charge in [-0.25, -0.2) is 5.43 Å². The number of amides is 1. The van der Waals surface area contributed by atoms with Crippen LogP contribution >= 0.6 is 0 Å². The number of hydrogen-bond acceptors (Lipinski definition) is 4. The first kappa shape index (κ1) is 17.6. The summed E-state index contributed by atoms with van der Waals surface area (Å²) in [4.78, 5) is 20.3. The molecule has 28 heavy (non-hydrogen) atoms. The quantitative estimate of drug-likeness (QED) is 0.439. The molecule has 1 aromatic carbocycles. The first-order valence-electron chi connectivity index (χ1n) is 8.91. The lowest BCUT2D eigenvalue weighted by Crippen LogP contribution is -2.17. The van der Waals surface area contributed by atoms with Crippen LogP contribution in [0.5, 0.6) is 0 Å². The van der Waals surface area contributed by atoms with Crippen LogP contribution in [0.25, 0.3) is 16.6 Å². The first-order valence-corrected chi connectivity index (χ1v) is 8.91. The number of benzene rings is 1. The summed E-state index contributed by atoms with van der Waals surface area (Å²) in [5.41, 5.74) is 8.17. The predicted molar refractivity (Wildman–Crippen MR) is 110 cm³/mol. The molecule has 4 rings (SSSR count). The van der Waals surface area contributed by atoms with E-state index in [9.17, 15) is 4.79 Å². The van der Waals surface area contributed by atoms with Crippen molar-refractivity contribution in [3.8, 4) is 5.69 Å². The summed E-state index contributed by atoms with van der Waals surface area (Å²) in [5, 5.41) is 5.20. The maximum Gasteiger partial charge on any atom is 0.271 e. The Morgan fingerprint density at radius 3 is 2.71 bits per heavy atom. The Balaban J connectivity index is 1.59. The molecule has 138 valence electrons. The molecule has 1 amide bonds. The van der Waals surface area contributed by atoms with Crippen molar-refractivity contribution < 1.29 is 4.79 Å². The molecule has 0 saturated heterocycles. The SMILES string of the molecule is Cc1cc(/C=N\NC(=O)c2ccncc2)c(C)n1-c1ccc2ncccc2c1. The molecule has 4 aromatic rings. The normalized spacial score (nSPS) is 11.2. The number of fused-ring (bicyclic) bond motifs is 1. The Labute approximate surface area is 162 Å². The highest BCUT2D eigenvalue weighted by Gasteiger charge is 2.10. The van der Waals surface area contributed by atoms with Crippen molar-refractivity contribution in [3.63, 3.8) is 0 Å². The summed E-state index contributed by atoms with van der Waals surface area (Å²) < 4.78 is 2.17. The molecule has 0 fully saturated rings. The van der Waals surface area contributed by atoms with Gasteiger partial charge >= 0.3 is 0 Å². The standard InChI is InChI=1S/C22H19N5O/c1-15-12-19(14-25-26-22(28)17-7-10-23-11-8-17)16(2)27(15)20-5-6-21-18(13-20)4-3-9-24-21/h3-14H,1-2H3,(H,26,28)/b25-14-. The number of carbonyl (C=O) groups excluding carboxylic acids is 1. The molecule has 0 atom stereocenters. The van der Waals surface area contributed by atoms with Crippen LogP contribution in [0.4, 0.5) is 0 Å². The van der Waals surface area contributed by atoms with Gasteiger partial charge in [-0.15, -0.1) is 0 Å². The number of carbonyl (C=O) groups is 1. The minimum absolute atomic E-state index is 0.269. The van der Waals surface area contributed by atoms with Gasteiger partial charge in [-0.05, 0) is 56.3 Å². The lowest BCUT2D eigenvalue weighted by molar-refractivity contribution is 0.0955. The number of pyridine rings is 2. The first-order chi connectivity index (χ1) is 13.6. The lowest BCUT2D eigenvalue weighted by atomic mass is 10.2. The van der Waals surface area contributed by atoms with Crippen molar-refractivity contribution >= 4 is 23.0 Å². The third kappa shape index (κ3) is 3.40. The highest BCUT2D eigenvalue weighted by Crippen LogP contribution is 2.22. The summed E-state index contributed by atoms with van der Waals surface area (Å²) in [6.07, 6.45) is 6.61. The van der Waals surface area contributed by atoms with Crippen LogP contribution in [0.3, 0.4) is 0 Å². The van der Waals surface area contributed by atoms with Crippen LogP contribution in [-0.2, 0) is 0 Å². The molecule has 0 spiro atoms. The van der Waals surface area contributed by atoms with Crippen LogP contribution in [-0.4, -0.2) is 26.7 Å². The highest BCUT2D eigenvalue weighted by atomic mass is 16.2. The van der Waals surface area contributed by atoms with Gasteiger partial charge in [0.05, 0.1) is 11.7 Å².